The molecule has 0 aromatic heterocycles. The maximum absolute atomic E-state index is 6.24. The lowest BCUT2D eigenvalue weighted by molar-refractivity contribution is 0.329. The van der Waals surface area contributed by atoms with E-state index in [-0.39, 0.29) is 5.54 Å². The molecule has 1 saturated carbocycles. The van der Waals surface area contributed by atoms with Crippen LogP contribution in [0, 0.1) is 5.92 Å². The maximum Gasteiger partial charge on any atom is 0.0156 e. The van der Waals surface area contributed by atoms with Crippen LogP contribution in [0.5, 0.6) is 0 Å². The zero-order valence-electron chi connectivity index (χ0n) is 7.90. The van der Waals surface area contributed by atoms with Gasteiger partial charge in [-0.15, -0.1) is 0 Å². The van der Waals surface area contributed by atoms with Crippen molar-refractivity contribution in [1.82, 2.24) is 0 Å². The van der Waals surface area contributed by atoms with Gasteiger partial charge in [0.05, 0.1) is 0 Å². The van der Waals surface area contributed by atoms with Gasteiger partial charge in [-0.2, -0.15) is 0 Å². The Kier molecular flexibility index (Phi) is 2.94. The first-order valence-corrected chi connectivity index (χ1v) is 4.95. The molecule has 0 spiro atoms. The molecule has 1 unspecified atom stereocenters. The minimum Gasteiger partial charge on any atom is -0.325 e. The molecule has 2 N–H and O–H groups in total. The highest BCUT2D eigenvalue weighted by atomic mass is 14.7. The van der Waals surface area contributed by atoms with Crippen molar-refractivity contribution in [2.24, 2.45) is 11.7 Å². The van der Waals surface area contributed by atoms with Crippen molar-refractivity contribution in [3.05, 3.63) is 0 Å². The summed E-state index contributed by atoms with van der Waals surface area (Å²) in [5, 5.41) is 0. The zero-order valence-corrected chi connectivity index (χ0v) is 7.90. The van der Waals surface area contributed by atoms with E-state index < -0.39 is 0 Å². The van der Waals surface area contributed by atoms with Crippen molar-refractivity contribution in [1.29, 1.82) is 0 Å². The van der Waals surface area contributed by atoms with Crippen LogP contribution >= 0.6 is 0 Å². The summed E-state index contributed by atoms with van der Waals surface area (Å²) in [7, 11) is 0. The quantitative estimate of drug-likeness (QED) is 0.666. The highest BCUT2D eigenvalue weighted by molar-refractivity contribution is 4.89. The Balaban J connectivity index is 2.33. The molecule has 1 aliphatic rings. The Morgan fingerprint density at radius 1 is 1.36 bits per heavy atom. The first-order valence-electron chi connectivity index (χ1n) is 4.95. The van der Waals surface area contributed by atoms with Crippen LogP contribution in [0.2, 0.25) is 0 Å². The molecule has 0 aromatic rings. The van der Waals surface area contributed by atoms with Gasteiger partial charge in [0.1, 0.15) is 0 Å². The standard InChI is InChI=1S/C10H21N/c1-3-9(2)8-10(11)6-4-5-7-10/h9H,3-8,11H2,1-2H3. The molecule has 0 heterocycles. The second kappa shape index (κ2) is 3.57. The van der Waals surface area contributed by atoms with Crippen molar-refractivity contribution >= 4 is 0 Å². The Hall–Kier alpha value is -0.0400. The third-order valence-corrected chi connectivity index (χ3v) is 3.05. The van der Waals surface area contributed by atoms with Crippen molar-refractivity contribution in [3.8, 4) is 0 Å². The minimum atomic E-state index is 0.218. The van der Waals surface area contributed by atoms with E-state index in [1.807, 2.05) is 0 Å². The Morgan fingerprint density at radius 3 is 2.36 bits per heavy atom. The van der Waals surface area contributed by atoms with Crippen LogP contribution in [0.1, 0.15) is 52.4 Å². The third-order valence-electron chi connectivity index (χ3n) is 3.05. The van der Waals surface area contributed by atoms with Crippen LogP contribution in [-0.4, -0.2) is 5.54 Å². The molecule has 0 aromatic carbocycles. The van der Waals surface area contributed by atoms with Crippen molar-refractivity contribution in [2.75, 3.05) is 0 Å². The van der Waals surface area contributed by atoms with E-state index in [1.54, 1.807) is 0 Å². The first kappa shape index (κ1) is 9.05. The predicted molar refractivity (Wildman–Crippen MR) is 49.5 cm³/mol. The van der Waals surface area contributed by atoms with Gasteiger partial charge in [0.2, 0.25) is 0 Å². The van der Waals surface area contributed by atoms with Gasteiger partial charge in [-0.1, -0.05) is 33.1 Å². The van der Waals surface area contributed by atoms with E-state index in [2.05, 4.69) is 13.8 Å². The zero-order chi connectivity index (χ0) is 8.32. The van der Waals surface area contributed by atoms with Gasteiger partial charge in [-0.05, 0) is 25.2 Å². The summed E-state index contributed by atoms with van der Waals surface area (Å²) < 4.78 is 0. The number of hydrogen-bond donors (Lipinski definition) is 1. The summed E-state index contributed by atoms with van der Waals surface area (Å²) in [5.41, 5.74) is 6.45. The van der Waals surface area contributed by atoms with E-state index in [1.165, 1.54) is 38.5 Å². The molecular formula is C10H21N. The summed E-state index contributed by atoms with van der Waals surface area (Å²) in [6.45, 7) is 4.57. The van der Waals surface area contributed by atoms with Crippen molar-refractivity contribution in [2.45, 2.75) is 57.9 Å². The highest BCUT2D eigenvalue weighted by Crippen LogP contribution is 2.33. The van der Waals surface area contributed by atoms with Crippen LogP contribution in [0.4, 0.5) is 0 Å². The normalized spacial score (nSPS) is 25.4. The van der Waals surface area contributed by atoms with E-state index in [9.17, 15) is 0 Å². The largest absolute Gasteiger partial charge is 0.325 e. The molecule has 1 heteroatoms. The Bertz CT molecular complexity index is 114. The summed E-state index contributed by atoms with van der Waals surface area (Å²) in [6.07, 6.45) is 7.75. The smallest absolute Gasteiger partial charge is 0.0156 e. The van der Waals surface area contributed by atoms with Gasteiger partial charge in [0.15, 0.2) is 0 Å². The molecule has 1 aliphatic carbocycles. The van der Waals surface area contributed by atoms with E-state index in [0.29, 0.717) is 0 Å². The Morgan fingerprint density at radius 2 is 1.91 bits per heavy atom. The van der Waals surface area contributed by atoms with Gasteiger partial charge in [0.25, 0.3) is 0 Å². The molecule has 1 nitrogen and oxygen atoms in total. The second-order valence-corrected chi connectivity index (χ2v) is 4.29. The van der Waals surface area contributed by atoms with E-state index in [4.69, 9.17) is 5.73 Å². The van der Waals surface area contributed by atoms with E-state index in [0.717, 1.165) is 5.92 Å². The van der Waals surface area contributed by atoms with Crippen LogP contribution in [0.3, 0.4) is 0 Å². The Labute approximate surface area is 70.4 Å². The fraction of sp³-hybridized carbons (Fsp3) is 1.00. The lowest BCUT2D eigenvalue weighted by atomic mass is 9.86. The molecule has 0 bridgehead atoms. The summed E-state index contributed by atoms with van der Waals surface area (Å²) >= 11 is 0. The number of nitrogens with two attached hydrogens (primary N) is 1. The molecular weight excluding hydrogens is 134 g/mol. The van der Waals surface area contributed by atoms with Crippen molar-refractivity contribution < 1.29 is 0 Å². The van der Waals surface area contributed by atoms with Gasteiger partial charge in [-0.3, -0.25) is 0 Å². The van der Waals surface area contributed by atoms with Gasteiger partial charge >= 0.3 is 0 Å². The average molecular weight is 155 g/mol. The van der Waals surface area contributed by atoms with Crippen LogP contribution in [0.25, 0.3) is 0 Å². The third kappa shape index (κ3) is 2.48. The topological polar surface area (TPSA) is 26.0 Å². The van der Waals surface area contributed by atoms with Gasteiger partial charge in [0, 0.05) is 5.54 Å². The number of rotatable bonds is 3. The minimum absolute atomic E-state index is 0.218. The SMILES string of the molecule is CCC(C)CC1(N)CCCC1. The molecule has 0 aliphatic heterocycles. The van der Waals surface area contributed by atoms with Crippen LogP contribution in [-0.2, 0) is 0 Å². The molecule has 11 heavy (non-hydrogen) atoms. The van der Waals surface area contributed by atoms with Crippen LogP contribution < -0.4 is 5.73 Å². The highest BCUT2D eigenvalue weighted by Gasteiger charge is 2.29. The van der Waals surface area contributed by atoms with Gasteiger partial charge < -0.3 is 5.73 Å². The average Bonchev–Trinajstić information content (AvgIpc) is 2.36. The first-order chi connectivity index (χ1) is 5.16. The maximum atomic E-state index is 6.24. The molecule has 0 radical (unpaired) electrons. The van der Waals surface area contributed by atoms with Gasteiger partial charge in [-0.25, -0.2) is 0 Å². The fourth-order valence-electron chi connectivity index (χ4n) is 2.12. The molecule has 1 rings (SSSR count). The molecule has 1 fully saturated rings. The lowest BCUT2D eigenvalue weighted by Crippen LogP contribution is -2.37. The van der Waals surface area contributed by atoms with Crippen molar-refractivity contribution in [3.63, 3.8) is 0 Å². The summed E-state index contributed by atoms with van der Waals surface area (Å²) in [5.74, 6) is 0.818. The number of hydrogen-bond acceptors (Lipinski definition) is 1. The van der Waals surface area contributed by atoms with Crippen LogP contribution in [0.15, 0.2) is 0 Å². The monoisotopic (exact) mass is 155 g/mol. The summed E-state index contributed by atoms with van der Waals surface area (Å²) in [6, 6.07) is 0. The predicted octanol–water partition coefficient (Wildman–Crippen LogP) is 2.69. The molecule has 1 atom stereocenters. The molecule has 66 valence electrons. The lowest BCUT2D eigenvalue weighted by Gasteiger charge is -2.26. The second-order valence-electron chi connectivity index (χ2n) is 4.29. The summed E-state index contributed by atoms with van der Waals surface area (Å²) in [4.78, 5) is 0. The fourth-order valence-corrected chi connectivity index (χ4v) is 2.12. The van der Waals surface area contributed by atoms with E-state index >= 15 is 0 Å². The molecule has 0 amide bonds. The molecule has 0 saturated heterocycles.